The number of carbonyl (C=O) groups excluding carboxylic acids is 3. The first-order chi connectivity index (χ1) is 15.4. The smallest absolute Gasteiger partial charge is 0.279 e. The van der Waals surface area contributed by atoms with Gasteiger partial charge in [0.1, 0.15) is 16.5 Å². The van der Waals surface area contributed by atoms with E-state index in [-0.39, 0.29) is 28.0 Å². The van der Waals surface area contributed by atoms with Crippen LogP contribution < -0.4 is 10.6 Å². The van der Waals surface area contributed by atoms with Gasteiger partial charge in [0.25, 0.3) is 17.7 Å². The van der Waals surface area contributed by atoms with E-state index >= 15 is 0 Å². The summed E-state index contributed by atoms with van der Waals surface area (Å²) in [4.78, 5) is 39.6. The summed E-state index contributed by atoms with van der Waals surface area (Å²) in [6.45, 7) is 1.80. The van der Waals surface area contributed by atoms with Gasteiger partial charge in [-0.3, -0.25) is 19.3 Å². The number of anilines is 2. The predicted octanol–water partition coefficient (Wildman–Crippen LogP) is 4.95. The van der Waals surface area contributed by atoms with E-state index in [1.165, 1.54) is 23.1 Å². The fraction of sp³-hybridized carbons (Fsp3) is 0.292. The molecule has 4 rings (SSSR count). The van der Waals surface area contributed by atoms with Crippen molar-refractivity contribution < 1.29 is 18.8 Å². The van der Waals surface area contributed by atoms with Crippen molar-refractivity contribution >= 4 is 40.7 Å². The van der Waals surface area contributed by atoms with Gasteiger partial charge in [-0.05, 0) is 49.6 Å². The first kappa shape index (κ1) is 22.0. The van der Waals surface area contributed by atoms with Crippen LogP contribution >= 0.6 is 11.6 Å². The fourth-order valence-electron chi connectivity index (χ4n) is 4.09. The predicted molar refractivity (Wildman–Crippen MR) is 121 cm³/mol. The first-order valence-corrected chi connectivity index (χ1v) is 11.0. The SMILES string of the molecule is Cc1ccc(C(=O)Nc2ccccc2F)cc1NC1=C(Cl)C(=O)N(C2CCCCC2)C1=O. The number of para-hydroxylation sites is 1. The van der Waals surface area contributed by atoms with Gasteiger partial charge < -0.3 is 10.6 Å². The number of carbonyl (C=O) groups is 3. The van der Waals surface area contributed by atoms with E-state index in [0.717, 1.165) is 37.7 Å². The van der Waals surface area contributed by atoms with Crippen LogP contribution in [-0.4, -0.2) is 28.7 Å². The number of hydrogen-bond acceptors (Lipinski definition) is 4. The molecule has 1 heterocycles. The lowest BCUT2D eigenvalue weighted by Crippen LogP contribution is -2.42. The van der Waals surface area contributed by atoms with Crippen molar-refractivity contribution in [2.75, 3.05) is 10.6 Å². The quantitative estimate of drug-likeness (QED) is 0.625. The van der Waals surface area contributed by atoms with Gasteiger partial charge in [-0.25, -0.2) is 4.39 Å². The molecule has 0 aromatic heterocycles. The van der Waals surface area contributed by atoms with Gasteiger partial charge in [0.2, 0.25) is 0 Å². The van der Waals surface area contributed by atoms with Gasteiger partial charge in [0.05, 0.1) is 5.69 Å². The molecule has 166 valence electrons. The van der Waals surface area contributed by atoms with Gasteiger partial charge in [-0.15, -0.1) is 0 Å². The minimum Gasteiger partial charge on any atom is -0.349 e. The van der Waals surface area contributed by atoms with E-state index in [1.807, 2.05) is 0 Å². The third-order valence-electron chi connectivity index (χ3n) is 5.88. The molecule has 0 unspecified atom stereocenters. The molecule has 2 aromatic carbocycles. The normalized spacial score (nSPS) is 17.2. The maximum Gasteiger partial charge on any atom is 0.279 e. The number of amides is 3. The summed E-state index contributed by atoms with van der Waals surface area (Å²) in [7, 11) is 0. The molecule has 6 nitrogen and oxygen atoms in total. The van der Waals surface area contributed by atoms with Crippen LogP contribution in [0.15, 0.2) is 53.2 Å². The number of aryl methyl sites for hydroxylation is 1. The number of rotatable bonds is 5. The molecule has 0 atom stereocenters. The Morgan fingerprint density at radius 2 is 1.75 bits per heavy atom. The molecule has 1 aliphatic heterocycles. The Kier molecular flexibility index (Phi) is 6.28. The lowest BCUT2D eigenvalue weighted by atomic mass is 9.94. The molecular formula is C24H23ClFN3O3. The van der Waals surface area contributed by atoms with Crippen molar-refractivity contribution in [2.24, 2.45) is 0 Å². The average Bonchev–Trinajstić information content (AvgIpc) is 3.00. The Morgan fingerprint density at radius 3 is 2.47 bits per heavy atom. The number of benzene rings is 2. The molecule has 2 aromatic rings. The summed E-state index contributed by atoms with van der Waals surface area (Å²) in [6, 6.07) is 10.6. The van der Waals surface area contributed by atoms with Gasteiger partial charge >= 0.3 is 0 Å². The molecule has 0 bridgehead atoms. The summed E-state index contributed by atoms with van der Waals surface area (Å²) in [5.41, 5.74) is 1.56. The molecule has 3 amide bonds. The molecule has 32 heavy (non-hydrogen) atoms. The molecule has 0 radical (unpaired) electrons. The monoisotopic (exact) mass is 455 g/mol. The summed E-state index contributed by atoms with van der Waals surface area (Å²) in [6.07, 6.45) is 4.60. The molecule has 8 heteroatoms. The zero-order valence-electron chi connectivity index (χ0n) is 17.6. The average molecular weight is 456 g/mol. The Morgan fingerprint density at radius 1 is 1.03 bits per heavy atom. The van der Waals surface area contributed by atoms with E-state index in [0.29, 0.717) is 5.69 Å². The maximum absolute atomic E-state index is 13.9. The summed E-state index contributed by atoms with van der Waals surface area (Å²) in [5, 5.41) is 5.34. The van der Waals surface area contributed by atoms with E-state index in [4.69, 9.17) is 11.6 Å². The summed E-state index contributed by atoms with van der Waals surface area (Å²) < 4.78 is 13.9. The van der Waals surface area contributed by atoms with Crippen molar-refractivity contribution in [3.05, 3.63) is 70.1 Å². The van der Waals surface area contributed by atoms with Crippen molar-refractivity contribution in [3.63, 3.8) is 0 Å². The zero-order chi connectivity index (χ0) is 22.8. The highest BCUT2D eigenvalue weighted by molar-refractivity contribution is 6.48. The molecular weight excluding hydrogens is 433 g/mol. The van der Waals surface area contributed by atoms with E-state index in [9.17, 15) is 18.8 Å². The Hall–Kier alpha value is -3.19. The minimum absolute atomic E-state index is 0.0111. The molecule has 1 saturated carbocycles. The Labute approximate surface area is 190 Å². The highest BCUT2D eigenvalue weighted by Crippen LogP contribution is 2.33. The minimum atomic E-state index is -0.541. The third kappa shape index (κ3) is 4.25. The Bertz CT molecular complexity index is 1130. The van der Waals surface area contributed by atoms with Gasteiger partial charge in [0.15, 0.2) is 0 Å². The molecule has 2 aliphatic rings. The van der Waals surface area contributed by atoms with E-state index < -0.39 is 23.5 Å². The van der Waals surface area contributed by atoms with Crippen molar-refractivity contribution in [2.45, 2.75) is 45.1 Å². The second-order valence-electron chi connectivity index (χ2n) is 8.05. The van der Waals surface area contributed by atoms with Crippen LogP contribution in [0.5, 0.6) is 0 Å². The molecule has 1 aliphatic carbocycles. The van der Waals surface area contributed by atoms with Gasteiger partial charge in [-0.1, -0.05) is 49.1 Å². The van der Waals surface area contributed by atoms with Crippen LogP contribution in [0, 0.1) is 12.7 Å². The van der Waals surface area contributed by atoms with Gasteiger partial charge in [-0.2, -0.15) is 0 Å². The number of halogens is 2. The lowest BCUT2D eigenvalue weighted by Gasteiger charge is -2.29. The number of nitrogens with one attached hydrogen (secondary N) is 2. The first-order valence-electron chi connectivity index (χ1n) is 10.6. The molecule has 1 fully saturated rings. The largest absolute Gasteiger partial charge is 0.349 e. The van der Waals surface area contributed by atoms with Crippen LogP contribution in [-0.2, 0) is 9.59 Å². The highest BCUT2D eigenvalue weighted by atomic mass is 35.5. The summed E-state index contributed by atoms with van der Waals surface area (Å²) in [5.74, 6) is -1.98. The molecule has 0 saturated heterocycles. The van der Waals surface area contributed by atoms with Crippen molar-refractivity contribution in [1.82, 2.24) is 4.90 Å². The number of nitrogens with zero attached hydrogens (tertiary/aromatic N) is 1. The number of imide groups is 1. The maximum atomic E-state index is 13.9. The second-order valence-corrected chi connectivity index (χ2v) is 8.43. The standard InChI is InChI=1S/C24H23ClFN3O3/c1-14-11-12-15(22(30)28-18-10-6-5-9-17(18)26)13-19(14)27-21-20(25)23(31)29(24(21)32)16-7-3-2-4-8-16/h5-6,9-13,16,27H,2-4,7-8H2,1H3,(H,28,30). The van der Waals surface area contributed by atoms with E-state index in [1.54, 1.807) is 31.2 Å². The van der Waals surface area contributed by atoms with Crippen LogP contribution in [0.2, 0.25) is 0 Å². The summed E-state index contributed by atoms with van der Waals surface area (Å²) >= 11 is 6.25. The topological polar surface area (TPSA) is 78.5 Å². The van der Waals surface area contributed by atoms with Crippen molar-refractivity contribution in [3.8, 4) is 0 Å². The van der Waals surface area contributed by atoms with Crippen LogP contribution in [0.1, 0.15) is 48.0 Å². The number of hydrogen-bond donors (Lipinski definition) is 2. The molecule has 0 spiro atoms. The van der Waals surface area contributed by atoms with Crippen molar-refractivity contribution in [1.29, 1.82) is 0 Å². The van der Waals surface area contributed by atoms with Crippen LogP contribution in [0.3, 0.4) is 0 Å². The van der Waals surface area contributed by atoms with E-state index in [2.05, 4.69) is 10.6 Å². The van der Waals surface area contributed by atoms with Gasteiger partial charge in [0, 0.05) is 17.3 Å². The second kappa shape index (κ2) is 9.12. The van der Waals surface area contributed by atoms with Crippen LogP contribution in [0.4, 0.5) is 15.8 Å². The van der Waals surface area contributed by atoms with Crippen LogP contribution in [0.25, 0.3) is 0 Å². The lowest BCUT2D eigenvalue weighted by molar-refractivity contribution is -0.140. The molecule has 2 N–H and O–H groups in total. The third-order valence-corrected chi connectivity index (χ3v) is 6.23. The zero-order valence-corrected chi connectivity index (χ0v) is 18.3. The highest BCUT2D eigenvalue weighted by Gasteiger charge is 2.42. The Balaban J connectivity index is 1.55. The fourth-order valence-corrected chi connectivity index (χ4v) is 4.31.